The number of rotatable bonds is 7. The van der Waals surface area contributed by atoms with Crippen LogP contribution in [0, 0.1) is 19.8 Å². The van der Waals surface area contributed by atoms with E-state index in [1.54, 1.807) is 0 Å². The summed E-state index contributed by atoms with van der Waals surface area (Å²) in [6.45, 7) is 9.75. The Balaban J connectivity index is 0.00000320. The van der Waals surface area contributed by atoms with Gasteiger partial charge in [0.05, 0.1) is 6.54 Å². The Hall–Kier alpha value is -1.51. The fraction of sp³-hybridized carbons (Fsp3) is 0.652. The average Bonchev–Trinajstić information content (AvgIpc) is 3.39. The van der Waals surface area contributed by atoms with Crippen LogP contribution in [0.15, 0.2) is 23.2 Å². The van der Waals surface area contributed by atoms with Crippen molar-refractivity contribution in [1.29, 1.82) is 0 Å². The number of amides is 1. The van der Waals surface area contributed by atoms with Gasteiger partial charge in [0.2, 0.25) is 5.91 Å². The lowest BCUT2D eigenvalue weighted by molar-refractivity contribution is -0.134. The molecule has 168 valence electrons. The third-order valence-corrected chi connectivity index (χ3v) is 5.91. The molecule has 7 heteroatoms. The van der Waals surface area contributed by atoms with Crippen LogP contribution in [-0.4, -0.2) is 55.6 Å². The fourth-order valence-electron chi connectivity index (χ4n) is 4.35. The van der Waals surface area contributed by atoms with Crippen molar-refractivity contribution in [3.63, 3.8) is 0 Å². The van der Waals surface area contributed by atoms with Crippen molar-refractivity contribution in [2.75, 3.05) is 32.8 Å². The molecule has 1 aliphatic carbocycles. The van der Waals surface area contributed by atoms with Crippen LogP contribution in [0.25, 0.3) is 0 Å². The number of halogens is 1. The van der Waals surface area contributed by atoms with Crippen LogP contribution in [0.1, 0.15) is 50.2 Å². The van der Waals surface area contributed by atoms with E-state index >= 15 is 0 Å². The molecule has 0 aromatic heterocycles. The van der Waals surface area contributed by atoms with E-state index in [0.717, 1.165) is 61.7 Å². The van der Waals surface area contributed by atoms with Gasteiger partial charge in [-0.15, -0.1) is 24.0 Å². The first-order chi connectivity index (χ1) is 14.1. The first-order valence-electron chi connectivity index (χ1n) is 11.1. The van der Waals surface area contributed by atoms with Gasteiger partial charge in [-0.3, -0.25) is 4.79 Å². The van der Waals surface area contributed by atoms with Crippen molar-refractivity contribution in [3.05, 3.63) is 29.3 Å². The predicted octanol–water partition coefficient (Wildman–Crippen LogP) is 3.65. The van der Waals surface area contributed by atoms with Crippen molar-refractivity contribution in [2.24, 2.45) is 10.9 Å². The zero-order valence-corrected chi connectivity index (χ0v) is 20.9. The van der Waals surface area contributed by atoms with Crippen LogP contribution in [0.3, 0.4) is 0 Å². The highest BCUT2D eigenvalue weighted by Crippen LogP contribution is 2.28. The van der Waals surface area contributed by atoms with E-state index in [0.29, 0.717) is 19.1 Å². The molecule has 0 bridgehead atoms. The number of benzene rings is 1. The van der Waals surface area contributed by atoms with Gasteiger partial charge in [0.15, 0.2) is 5.96 Å². The zero-order chi connectivity index (χ0) is 20.6. The van der Waals surface area contributed by atoms with Crippen molar-refractivity contribution in [2.45, 2.75) is 58.9 Å². The van der Waals surface area contributed by atoms with Gasteiger partial charge in [0.1, 0.15) is 12.4 Å². The number of para-hydroxylation sites is 1. The van der Waals surface area contributed by atoms with Crippen LogP contribution in [-0.2, 0) is 4.79 Å². The minimum atomic E-state index is 0. The molecule has 1 saturated carbocycles. The van der Waals surface area contributed by atoms with Gasteiger partial charge in [-0.05, 0) is 51.2 Å². The summed E-state index contributed by atoms with van der Waals surface area (Å²) >= 11 is 0. The summed E-state index contributed by atoms with van der Waals surface area (Å²) < 4.78 is 5.96. The molecule has 0 spiro atoms. The smallest absolute Gasteiger partial charge is 0.225 e. The molecular weight excluding hydrogens is 491 g/mol. The monoisotopic (exact) mass is 528 g/mol. The summed E-state index contributed by atoms with van der Waals surface area (Å²) in [4.78, 5) is 19.3. The minimum absolute atomic E-state index is 0. The van der Waals surface area contributed by atoms with Crippen LogP contribution in [0.2, 0.25) is 0 Å². The molecule has 1 atom stereocenters. The molecule has 1 unspecified atom stereocenters. The second kappa shape index (κ2) is 12.4. The van der Waals surface area contributed by atoms with Crippen LogP contribution in [0.4, 0.5) is 0 Å². The maximum absolute atomic E-state index is 12.6. The summed E-state index contributed by atoms with van der Waals surface area (Å²) in [6, 6.07) is 6.44. The molecular formula is C23H37IN4O2. The molecule has 3 rings (SSSR count). The Morgan fingerprint density at radius 3 is 2.57 bits per heavy atom. The number of ether oxygens (including phenoxy) is 1. The van der Waals surface area contributed by atoms with Gasteiger partial charge in [0.25, 0.3) is 0 Å². The molecule has 1 heterocycles. The van der Waals surface area contributed by atoms with E-state index in [4.69, 9.17) is 4.74 Å². The average molecular weight is 528 g/mol. The number of aryl methyl sites for hydroxylation is 2. The summed E-state index contributed by atoms with van der Waals surface area (Å²) in [5.74, 6) is 2.38. The normalized spacial score (nSPS) is 19.5. The van der Waals surface area contributed by atoms with E-state index in [1.165, 1.54) is 12.8 Å². The number of likely N-dealkylation sites (tertiary alicyclic amines) is 1. The van der Waals surface area contributed by atoms with E-state index in [2.05, 4.69) is 48.5 Å². The predicted molar refractivity (Wildman–Crippen MR) is 133 cm³/mol. The minimum Gasteiger partial charge on any atom is -0.491 e. The highest BCUT2D eigenvalue weighted by atomic mass is 127. The molecule has 2 fully saturated rings. The fourth-order valence-corrected chi connectivity index (χ4v) is 4.35. The molecule has 0 radical (unpaired) electrons. The van der Waals surface area contributed by atoms with Crippen molar-refractivity contribution in [3.8, 4) is 5.75 Å². The van der Waals surface area contributed by atoms with E-state index in [1.807, 2.05) is 11.0 Å². The van der Waals surface area contributed by atoms with Crippen molar-refractivity contribution >= 4 is 35.8 Å². The molecule has 2 aliphatic rings. The quantitative estimate of drug-likeness (QED) is 0.246. The third-order valence-electron chi connectivity index (χ3n) is 5.91. The first-order valence-corrected chi connectivity index (χ1v) is 11.1. The molecule has 1 aromatic rings. The number of carbonyl (C=O) groups is 1. The van der Waals surface area contributed by atoms with Gasteiger partial charge in [-0.25, -0.2) is 4.99 Å². The summed E-state index contributed by atoms with van der Waals surface area (Å²) in [5.41, 5.74) is 2.30. The number of aliphatic imine (C=N–C) groups is 1. The number of hydrogen-bond donors (Lipinski definition) is 2. The van der Waals surface area contributed by atoms with E-state index < -0.39 is 0 Å². The van der Waals surface area contributed by atoms with E-state index in [9.17, 15) is 4.79 Å². The number of nitrogens with zero attached hydrogens (tertiary/aromatic N) is 2. The topological polar surface area (TPSA) is 66.0 Å². The lowest BCUT2D eigenvalue weighted by Gasteiger charge is -2.21. The van der Waals surface area contributed by atoms with Crippen molar-refractivity contribution < 1.29 is 9.53 Å². The number of hydrogen-bond acceptors (Lipinski definition) is 3. The Kier molecular flexibility index (Phi) is 10.2. The van der Waals surface area contributed by atoms with Gasteiger partial charge in [0, 0.05) is 31.6 Å². The SMILES string of the molecule is CCNC(=NCCOc1c(C)cccc1C)NC1CCN(C(=O)C2CCCC2)C1.I. The Bertz CT molecular complexity index is 699. The number of guanidine groups is 1. The molecule has 2 N–H and O–H groups in total. The van der Waals surface area contributed by atoms with Crippen LogP contribution >= 0.6 is 24.0 Å². The Morgan fingerprint density at radius 2 is 1.90 bits per heavy atom. The summed E-state index contributed by atoms with van der Waals surface area (Å²) in [7, 11) is 0. The molecule has 30 heavy (non-hydrogen) atoms. The van der Waals surface area contributed by atoms with Gasteiger partial charge < -0.3 is 20.3 Å². The maximum atomic E-state index is 12.6. The molecule has 1 saturated heterocycles. The molecule has 1 aromatic carbocycles. The highest BCUT2D eigenvalue weighted by molar-refractivity contribution is 14.0. The highest BCUT2D eigenvalue weighted by Gasteiger charge is 2.32. The van der Waals surface area contributed by atoms with Gasteiger partial charge in [-0.2, -0.15) is 0 Å². The molecule has 1 aliphatic heterocycles. The van der Waals surface area contributed by atoms with Gasteiger partial charge in [-0.1, -0.05) is 31.0 Å². The molecule has 1 amide bonds. The lowest BCUT2D eigenvalue weighted by atomic mass is 10.1. The number of carbonyl (C=O) groups excluding carboxylic acids is 1. The lowest BCUT2D eigenvalue weighted by Crippen LogP contribution is -2.45. The van der Waals surface area contributed by atoms with E-state index in [-0.39, 0.29) is 35.9 Å². The first kappa shape index (κ1) is 24.8. The summed E-state index contributed by atoms with van der Waals surface area (Å²) in [5, 5.41) is 6.81. The second-order valence-corrected chi connectivity index (χ2v) is 8.23. The molecule has 6 nitrogen and oxygen atoms in total. The van der Waals surface area contributed by atoms with Gasteiger partial charge >= 0.3 is 0 Å². The second-order valence-electron chi connectivity index (χ2n) is 8.23. The van der Waals surface area contributed by atoms with Crippen molar-refractivity contribution in [1.82, 2.24) is 15.5 Å². The Labute approximate surface area is 198 Å². The maximum Gasteiger partial charge on any atom is 0.225 e. The third kappa shape index (κ3) is 6.75. The van der Waals surface area contributed by atoms with Crippen LogP contribution in [0.5, 0.6) is 5.75 Å². The standard InChI is InChI=1S/C23H36N4O2.HI/c1-4-24-23(25-13-15-29-21-17(2)8-7-9-18(21)3)26-20-12-14-27(16-20)22(28)19-10-5-6-11-19;/h7-9,19-20H,4-6,10-16H2,1-3H3,(H2,24,25,26);1H. The largest absolute Gasteiger partial charge is 0.491 e. The van der Waals surface area contributed by atoms with Crippen LogP contribution < -0.4 is 15.4 Å². The Morgan fingerprint density at radius 1 is 1.20 bits per heavy atom. The summed E-state index contributed by atoms with van der Waals surface area (Å²) in [6.07, 6.45) is 5.51. The number of nitrogens with one attached hydrogen (secondary N) is 2. The zero-order valence-electron chi connectivity index (χ0n) is 18.6.